The Morgan fingerprint density at radius 1 is 0.487 bits per heavy atom. The molecule has 0 bridgehead atoms. The minimum absolute atomic E-state index is 0.0113. The lowest BCUT2D eigenvalue weighted by molar-refractivity contribution is 0.377. The molecule has 0 spiro atoms. The highest BCUT2D eigenvalue weighted by molar-refractivity contribution is 7.78. The average molecular weight is 551 g/mol. The van der Waals surface area contributed by atoms with Crippen LogP contribution in [-0.2, 0) is 15.3 Å². The summed E-state index contributed by atoms with van der Waals surface area (Å²) in [4.78, 5) is 0. The first-order valence-corrected chi connectivity index (χ1v) is 16.8. The van der Waals surface area contributed by atoms with Crippen LogP contribution in [0.1, 0.15) is 16.7 Å². The van der Waals surface area contributed by atoms with E-state index in [2.05, 4.69) is 0 Å². The van der Waals surface area contributed by atoms with E-state index in [9.17, 15) is 9.13 Å². The third kappa shape index (κ3) is 5.86. The van der Waals surface area contributed by atoms with Gasteiger partial charge < -0.3 is 13.9 Å². The number of rotatable bonds is 9. The molecule has 5 aromatic rings. The summed E-state index contributed by atoms with van der Waals surface area (Å²) in [6, 6.07) is 42.6. The second kappa shape index (κ2) is 11.6. The number of hydrogen-bond acceptors (Lipinski definition) is 3. The van der Waals surface area contributed by atoms with Crippen LogP contribution in [0.2, 0.25) is 0 Å². The van der Waals surface area contributed by atoms with Gasteiger partial charge in [-0.2, -0.15) is 0 Å². The summed E-state index contributed by atoms with van der Waals surface area (Å²) in [5.41, 5.74) is 3.07. The largest absolute Gasteiger partial charge is 0.485 e. The molecule has 0 N–H and O–H groups in total. The molecule has 0 unspecified atom stereocenters. The molecule has 0 amide bonds. The van der Waals surface area contributed by atoms with Gasteiger partial charge in [0.25, 0.3) is 0 Å². The van der Waals surface area contributed by atoms with Crippen molar-refractivity contribution in [1.29, 1.82) is 0 Å². The van der Waals surface area contributed by atoms with Gasteiger partial charge >= 0.3 is 0 Å². The molecule has 0 atom stereocenters. The van der Waals surface area contributed by atoms with Gasteiger partial charge in [0.1, 0.15) is 19.2 Å². The van der Waals surface area contributed by atoms with Crippen LogP contribution in [-0.4, -0.2) is 6.35 Å². The van der Waals surface area contributed by atoms with Gasteiger partial charge in [-0.05, 0) is 19.9 Å². The molecule has 5 rings (SSSR count). The Labute approximate surface area is 231 Å². The number of para-hydroxylation sites is 1. The number of hydrogen-bond donors (Lipinski definition) is 0. The molecular formula is C34H32O3P2. The van der Waals surface area contributed by atoms with Gasteiger partial charge in [0.15, 0.2) is 7.14 Å². The molecule has 0 aliphatic carbocycles. The lowest BCUT2D eigenvalue weighted by Gasteiger charge is -2.23. The summed E-state index contributed by atoms with van der Waals surface area (Å²) in [5.74, 6) is 0.601. The standard InChI is InChI=1S/C34H32O3P2/c1-27-17-21-32(22-18-27)38(35,33-23-19-28(2)20-24-33)25-29-11-9-10-16-34(29)37-26-39(36,30-12-5-3-6-13-30)31-14-7-4-8-15-31/h3-24H,25-26H2,1-2H3. The third-order valence-electron chi connectivity index (χ3n) is 7.02. The van der Waals surface area contributed by atoms with E-state index < -0.39 is 14.3 Å². The number of benzene rings is 5. The Bertz CT molecular complexity index is 1540. The average Bonchev–Trinajstić information content (AvgIpc) is 2.98. The highest BCUT2D eigenvalue weighted by Gasteiger charge is 2.31. The summed E-state index contributed by atoms with van der Waals surface area (Å²) < 4.78 is 35.8. The van der Waals surface area contributed by atoms with E-state index in [1.54, 1.807) is 0 Å². The van der Waals surface area contributed by atoms with Crippen molar-refractivity contribution >= 4 is 35.5 Å². The van der Waals surface area contributed by atoms with Crippen LogP contribution in [0.5, 0.6) is 5.75 Å². The van der Waals surface area contributed by atoms with Gasteiger partial charge in [0, 0.05) is 32.9 Å². The Balaban J connectivity index is 1.52. The summed E-state index contributed by atoms with van der Waals surface area (Å²) in [5, 5.41) is 3.12. The monoisotopic (exact) mass is 550 g/mol. The molecule has 0 heterocycles. The molecule has 39 heavy (non-hydrogen) atoms. The third-order valence-corrected chi connectivity index (χ3v) is 12.8. The fraction of sp³-hybridized carbons (Fsp3) is 0.118. The lowest BCUT2D eigenvalue weighted by atomic mass is 10.2. The van der Waals surface area contributed by atoms with Gasteiger partial charge in [-0.15, -0.1) is 0 Å². The van der Waals surface area contributed by atoms with Crippen LogP contribution >= 0.6 is 14.3 Å². The molecule has 0 aliphatic heterocycles. The van der Waals surface area contributed by atoms with Crippen molar-refractivity contribution in [3.8, 4) is 5.75 Å². The van der Waals surface area contributed by atoms with Crippen LogP contribution in [0.25, 0.3) is 0 Å². The zero-order chi connectivity index (χ0) is 27.3. The minimum atomic E-state index is -3.08. The van der Waals surface area contributed by atoms with Gasteiger partial charge in [0.2, 0.25) is 0 Å². The SMILES string of the molecule is Cc1ccc(P(=O)(Cc2ccccc2OCP(=O)(c2ccccc2)c2ccccc2)c2ccc(C)cc2)cc1. The van der Waals surface area contributed by atoms with Crippen LogP contribution in [0.15, 0.2) is 133 Å². The first kappa shape index (κ1) is 26.9. The molecule has 5 heteroatoms. The maximum Gasteiger partial charge on any atom is 0.178 e. The predicted molar refractivity (Wildman–Crippen MR) is 165 cm³/mol. The molecule has 0 aliphatic rings. The van der Waals surface area contributed by atoms with Crippen LogP contribution in [0.4, 0.5) is 0 Å². The fourth-order valence-corrected chi connectivity index (χ4v) is 9.60. The Hall–Kier alpha value is -3.64. The number of aryl methyl sites for hydroxylation is 2. The van der Waals surface area contributed by atoms with E-state index in [1.807, 2.05) is 147 Å². The van der Waals surface area contributed by atoms with Crippen molar-refractivity contribution in [3.05, 3.63) is 150 Å². The highest BCUT2D eigenvalue weighted by atomic mass is 31.2. The molecule has 0 aromatic heterocycles. The van der Waals surface area contributed by atoms with Crippen LogP contribution in [0.3, 0.4) is 0 Å². The molecule has 0 radical (unpaired) electrons. The predicted octanol–water partition coefficient (Wildman–Crippen LogP) is 7.17. The van der Waals surface area contributed by atoms with Crippen molar-refractivity contribution in [2.24, 2.45) is 0 Å². The van der Waals surface area contributed by atoms with E-state index >= 15 is 0 Å². The molecular weight excluding hydrogens is 518 g/mol. The second-order valence-corrected chi connectivity index (χ2v) is 15.5. The Kier molecular flexibility index (Phi) is 8.03. The van der Waals surface area contributed by atoms with Crippen molar-refractivity contribution in [2.45, 2.75) is 20.0 Å². The topological polar surface area (TPSA) is 43.4 Å². The zero-order valence-electron chi connectivity index (χ0n) is 22.2. The molecule has 0 saturated carbocycles. The highest BCUT2D eigenvalue weighted by Crippen LogP contribution is 2.49. The second-order valence-electron chi connectivity index (χ2n) is 9.86. The normalized spacial score (nSPS) is 11.7. The quantitative estimate of drug-likeness (QED) is 0.183. The van der Waals surface area contributed by atoms with Crippen molar-refractivity contribution in [2.75, 3.05) is 6.35 Å². The maximum absolute atomic E-state index is 14.9. The van der Waals surface area contributed by atoms with Gasteiger partial charge in [-0.25, -0.2) is 0 Å². The lowest BCUT2D eigenvalue weighted by Crippen LogP contribution is -2.21. The van der Waals surface area contributed by atoms with E-state index in [4.69, 9.17) is 4.74 Å². The summed E-state index contributed by atoms with van der Waals surface area (Å²) in [7, 11) is -6.12. The van der Waals surface area contributed by atoms with E-state index in [0.717, 1.165) is 37.9 Å². The van der Waals surface area contributed by atoms with E-state index in [1.165, 1.54) is 0 Å². The van der Waals surface area contributed by atoms with E-state index in [-0.39, 0.29) is 6.35 Å². The molecule has 5 aromatic carbocycles. The van der Waals surface area contributed by atoms with Crippen LogP contribution < -0.4 is 26.0 Å². The van der Waals surface area contributed by atoms with Gasteiger partial charge in [-0.1, -0.05) is 139 Å². The molecule has 0 fully saturated rings. The smallest absolute Gasteiger partial charge is 0.178 e. The van der Waals surface area contributed by atoms with Crippen molar-refractivity contribution < 1.29 is 13.9 Å². The Morgan fingerprint density at radius 2 is 0.897 bits per heavy atom. The fourth-order valence-electron chi connectivity index (χ4n) is 4.71. The molecule has 196 valence electrons. The summed E-state index contributed by atoms with van der Waals surface area (Å²) in [6.45, 7) is 4.06. The molecule has 3 nitrogen and oxygen atoms in total. The Morgan fingerprint density at radius 3 is 1.38 bits per heavy atom. The zero-order valence-corrected chi connectivity index (χ0v) is 24.0. The van der Waals surface area contributed by atoms with Crippen LogP contribution in [0, 0.1) is 13.8 Å². The number of ether oxygens (including phenoxy) is 1. The summed E-state index contributed by atoms with van der Waals surface area (Å²) >= 11 is 0. The van der Waals surface area contributed by atoms with Gasteiger partial charge in [-0.3, -0.25) is 0 Å². The van der Waals surface area contributed by atoms with Crippen molar-refractivity contribution in [3.63, 3.8) is 0 Å². The molecule has 0 saturated heterocycles. The van der Waals surface area contributed by atoms with E-state index in [0.29, 0.717) is 11.9 Å². The minimum Gasteiger partial charge on any atom is -0.485 e. The van der Waals surface area contributed by atoms with Crippen molar-refractivity contribution in [1.82, 2.24) is 0 Å². The first-order chi connectivity index (χ1) is 18.9. The summed E-state index contributed by atoms with van der Waals surface area (Å²) in [6.07, 6.45) is 0.313. The van der Waals surface area contributed by atoms with Gasteiger partial charge in [0.05, 0.1) is 0 Å². The maximum atomic E-state index is 14.9. The first-order valence-electron chi connectivity index (χ1n) is 13.0.